The Balaban J connectivity index is 2.44. The summed E-state index contributed by atoms with van der Waals surface area (Å²) in [5, 5.41) is 6.57. The van der Waals surface area contributed by atoms with Crippen LogP contribution in [0.15, 0.2) is 0 Å². The maximum Gasteiger partial charge on any atom is 0.246 e. The van der Waals surface area contributed by atoms with Gasteiger partial charge in [-0.1, -0.05) is 13.8 Å². The summed E-state index contributed by atoms with van der Waals surface area (Å²) in [6, 6.07) is 0. The van der Waals surface area contributed by atoms with Crippen molar-refractivity contribution in [2.75, 3.05) is 24.2 Å². The topological polar surface area (TPSA) is 70.8 Å². The molecule has 0 aliphatic rings. The predicted molar refractivity (Wildman–Crippen MR) is 53.5 cm³/mol. The van der Waals surface area contributed by atoms with E-state index < -0.39 is 0 Å². The van der Waals surface area contributed by atoms with Gasteiger partial charge in [0, 0.05) is 13.6 Å². The summed E-state index contributed by atoms with van der Waals surface area (Å²) >= 11 is 0. The Labute approximate surface area is 78.3 Å². The molecule has 1 aromatic rings. The van der Waals surface area contributed by atoms with Gasteiger partial charge in [0.1, 0.15) is 0 Å². The lowest BCUT2D eigenvalue weighted by Crippen LogP contribution is -2.21. The van der Waals surface area contributed by atoms with Crippen LogP contribution in [-0.2, 0) is 0 Å². The molecule has 0 aliphatic carbocycles. The third-order valence-electron chi connectivity index (χ3n) is 1.87. The minimum atomic E-state index is 0.367. The second kappa shape index (κ2) is 4.11. The summed E-state index contributed by atoms with van der Waals surface area (Å²) in [7, 11) is 1.96. The highest BCUT2D eigenvalue weighted by atomic mass is 15.4. The van der Waals surface area contributed by atoms with Gasteiger partial charge in [-0.15, -0.1) is 5.10 Å². The van der Waals surface area contributed by atoms with Crippen LogP contribution in [0.2, 0.25) is 0 Å². The molecule has 5 nitrogen and oxygen atoms in total. The number of aromatic nitrogens is 3. The Morgan fingerprint density at radius 3 is 2.69 bits per heavy atom. The molecule has 1 rings (SSSR count). The quantitative estimate of drug-likeness (QED) is 0.726. The summed E-state index contributed by atoms with van der Waals surface area (Å²) in [5.74, 6) is 1.73. The fraction of sp³-hybridized carbons (Fsp3) is 0.750. The van der Waals surface area contributed by atoms with Crippen LogP contribution in [0.5, 0.6) is 0 Å². The van der Waals surface area contributed by atoms with E-state index in [0.29, 0.717) is 17.8 Å². The number of aromatic amines is 1. The zero-order chi connectivity index (χ0) is 9.84. The lowest BCUT2D eigenvalue weighted by atomic mass is 10.1. The Kier molecular flexibility index (Phi) is 3.11. The molecule has 0 atom stereocenters. The third-order valence-corrected chi connectivity index (χ3v) is 1.87. The van der Waals surface area contributed by atoms with Crippen LogP contribution >= 0.6 is 0 Å². The van der Waals surface area contributed by atoms with Gasteiger partial charge < -0.3 is 10.6 Å². The van der Waals surface area contributed by atoms with Gasteiger partial charge in [0.25, 0.3) is 0 Å². The second-order valence-electron chi connectivity index (χ2n) is 3.62. The average Bonchev–Trinajstić information content (AvgIpc) is 2.47. The number of H-pyrrole nitrogens is 1. The van der Waals surface area contributed by atoms with E-state index >= 15 is 0 Å². The third kappa shape index (κ3) is 2.93. The number of rotatable bonds is 4. The summed E-state index contributed by atoms with van der Waals surface area (Å²) in [4.78, 5) is 6.02. The molecule has 0 saturated heterocycles. The van der Waals surface area contributed by atoms with Crippen LogP contribution in [0.25, 0.3) is 0 Å². The van der Waals surface area contributed by atoms with Gasteiger partial charge in [-0.25, -0.2) is 5.10 Å². The van der Waals surface area contributed by atoms with E-state index in [1.807, 2.05) is 11.9 Å². The lowest BCUT2D eigenvalue weighted by molar-refractivity contribution is 0.582. The molecule has 0 unspecified atom stereocenters. The summed E-state index contributed by atoms with van der Waals surface area (Å²) in [6.07, 6.45) is 1.13. The van der Waals surface area contributed by atoms with Crippen molar-refractivity contribution in [1.29, 1.82) is 0 Å². The van der Waals surface area contributed by atoms with Crippen LogP contribution < -0.4 is 10.6 Å². The van der Waals surface area contributed by atoms with Crippen molar-refractivity contribution < 1.29 is 0 Å². The molecular formula is C8H17N5. The van der Waals surface area contributed by atoms with Gasteiger partial charge in [0.15, 0.2) is 0 Å². The van der Waals surface area contributed by atoms with Crippen molar-refractivity contribution in [3.8, 4) is 0 Å². The number of hydrogen-bond acceptors (Lipinski definition) is 4. The van der Waals surface area contributed by atoms with Crippen molar-refractivity contribution >= 4 is 11.9 Å². The first-order valence-electron chi connectivity index (χ1n) is 4.48. The van der Waals surface area contributed by atoms with Crippen LogP contribution in [0.3, 0.4) is 0 Å². The molecule has 0 aliphatic heterocycles. The van der Waals surface area contributed by atoms with Crippen LogP contribution in [0.4, 0.5) is 11.9 Å². The normalized spacial score (nSPS) is 10.8. The maximum absolute atomic E-state index is 5.42. The molecule has 0 bridgehead atoms. The first-order chi connectivity index (χ1) is 6.09. The van der Waals surface area contributed by atoms with Crippen LogP contribution in [0, 0.1) is 5.92 Å². The fourth-order valence-electron chi connectivity index (χ4n) is 0.988. The smallest absolute Gasteiger partial charge is 0.246 e. The van der Waals surface area contributed by atoms with E-state index in [2.05, 4.69) is 29.0 Å². The van der Waals surface area contributed by atoms with E-state index in [-0.39, 0.29) is 0 Å². The molecule has 0 aromatic carbocycles. The van der Waals surface area contributed by atoms with Crippen molar-refractivity contribution in [3.63, 3.8) is 0 Å². The molecule has 0 radical (unpaired) electrons. The standard InChI is InChI=1S/C8H17N5/c1-6(2)4-5-13(3)8-10-7(9)11-12-8/h6H,4-5H2,1-3H3,(H3,9,10,11,12). The largest absolute Gasteiger partial charge is 0.368 e. The zero-order valence-corrected chi connectivity index (χ0v) is 8.41. The van der Waals surface area contributed by atoms with Crippen molar-refractivity contribution in [2.45, 2.75) is 20.3 Å². The van der Waals surface area contributed by atoms with Crippen molar-refractivity contribution in [1.82, 2.24) is 15.2 Å². The van der Waals surface area contributed by atoms with E-state index in [4.69, 9.17) is 5.73 Å². The predicted octanol–water partition coefficient (Wildman–Crippen LogP) is 0.869. The Hall–Kier alpha value is -1.26. The molecule has 0 spiro atoms. The minimum Gasteiger partial charge on any atom is -0.368 e. The molecule has 0 fully saturated rings. The monoisotopic (exact) mass is 183 g/mol. The zero-order valence-electron chi connectivity index (χ0n) is 8.41. The number of nitrogens with two attached hydrogens (primary N) is 1. The van der Waals surface area contributed by atoms with E-state index in [1.165, 1.54) is 0 Å². The Morgan fingerprint density at radius 1 is 1.54 bits per heavy atom. The van der Waals surface area contributed by atoms with Gasteiger partial charge in [-0.3, -0.25) is 0 Å². The molecule has 74 valence electrons. The van der Waals surface area contributed by atoms with Gasteiger partial charge >= 0.3 is 0 Å². The molecule has 13 heavy (non-hydrogen) atoms. The highest BCUT2D eigenvalue weighted by Crippen LogP contribution is 2.08. The summed E-state index contributed by atoms with van der Waals surface area (Å²) < 4.78 is 0. The van der Waals surface area contributed by atoms with E-state index in [1.54, 1.807) is 0 Å². The van der Waals surface area contributed by atoms with Gasteiger partial charge in [0.05, 0.1) is 0 Å². The Morgan fingerprint density at radius 2 is 2.23 bits per heavy atom. The number of nitrogens with one attached hydrogen (secondary N) is 1. The molecule has 1 heterocycles. The van der Waals surface area contributed by atoms with Crippen molar-refractivity contribution in [2.24, 2.45) is 5.92 Å². The molecule has 5 heteroatoms. The van der Waals surface area contributed by atoms with Gasteiger partial charge in [-0.05, 0) is 12.3 Å². The number of anilines is 2. The van der Waals surface area contributed by atoms with Gasteiger partial charge in [-0.2, -0.15) is 4.98 Å². The first-order valence-corrected chi connectivity index (χ1v) is 4.48. The van der Waals surface area contributed by atoms with Crippen LogP contribution in [0.1, 0.15) is 20.3 Å². The minimum absolute atomic E-state index is 0.367. The molecule has 0 saturated carbocycles. The van der Waals surface area contributed by atoms with Gasteiger partial charge in [0.2, 0.25) is 11.9 Å². The second-order valence-corrected chi connectivity index (χ2v) is 3.62. The Bertz CT molecular complexity index is 255. The lowest BCUT2D eigenvalue weighted by Gasteiger charge is -2.15. The maximum atomic E-state index is 5.42. The van der Waals surface area contributed by atoms with Crippen LogP contribution in [-0.4, -0.2) is 28.8 Å². The molecule has 1 aromatic heterocycles. The molecule has 0 amide bonds. The molecule has 3 N–H and O–H groups in total. The molecular weight excluding hydrogens is 166 g/mol. The van der Waals surface area contributed by atoms with E-state index in [9.17, 15) is 0 Å². The highest BCUT2D eigenvalue weighted by Gasteiger charge is 2.06. The first kappa shape index (κ1) is 9.83. The fourth-order valence-corrected chi connectivity index (χ4v) is 0.988. The highest BCUT2D eigenvalue weighted by molar-refractivity contribution is 5.32. The van der Waals surface area contributed by atoms with E-state index in [0.717, 1.165) is 13.0 Å². The summed E-state index contributed by atoms with van der Waals surface area (Å²) in [6.45, 7) is 5.34. The number of nitrogen functional groups attached to an aromatic ring is 1. The van der Waals surface area contributed by atoms with Crippen molar-refractivity contribution in [3.05, 3.63) is 0 Å². The SMILES string of the molecule is CC(C)CCN(C)c1n[nH]c(N)n1. The number of hydrogen-bond donors (Lipinski definition) is 2. The average molecular weight is 183 g/mol. The number of nitrogens with zero attached hydrogens (tertiary/aromatic N) is 3. The summed E-state index contributed by atoms with van der Waals surface area (Å²) in [5.41, 5.74) is 5.42.